The molecule has 3 fully saturated rings. The monoisotopic (exact) mass is 476 g/mol. The highest BCUT2D eigenvalue weighted by atomic mass is 16.4. The summed E-state index contributed by atoms with van der Waals surface area (Å²) in [4.78, 5) is 36.6. The number of hydrogen-bond acceptors (Lipinski definition) is 3. The zero-order valence-corrected chi connectivity index (χ0v) is 22.3. The molecule has 3 aliphatic carbocycles. The molecule has 3 aliphatic rings. The summed E-state index contributed by atoms with van der Waals surface area (Å²) in [5.41, 5.74) is -0.445. The van der Waals surface area contributed by atoms with Gasteiger partial charge in [0, 0.05) is 11.8 Å². The van der Waals surface area contributed by atoms with Crippen molar-refractivity contribution in [2.45, 2.75) is 106 Å². The van der Waals surface area contributed by atoms with E-state index in [2.05, 4.69) is 34.6 Å². The fourth-order valence-corrected chi connectivity index (χ4v) is 8.86. The van der Waals surface area contributed by atoms with Crippen LogP contribution in [0, 0.1) is 58.2 Å². The predicted octanol–water partition coefficient (Wildman–Crippen LogP) is 6.69. The Morgan fingerprint density at radius 1 is 1.03 bits per heavy atom. The molecule has 0 spiro atoms. The van der Waals surface area contributed by atoms with E-state index in [1.54, 1.807) is 0 Å². The summed E-state index contributed by atoms with van der Waals surface area (Å²) in [5, 5.41) is 19.0. The number of carboxylic acid groups (broad SMARTS) is 2. The van der Waals surface area contributed by atoms with E-state index in [0.717, 1.165) is 24.7 Å². The highest BCUT2D eigenvalue weighted by Crippen LogP contribution is 2.67. The van der Waals surface area contributed by atoms with Crippen molar-refractivity contribution >= 4 is 17.7 Å². The second-order valence-electron chi connectivity index (χ2n) is 13.2. The Morgan fingerprint density at radius 3 is 2.29 bits per heavy atom. The molecular formula is C29H48O5. The molecule has 3 rings (SSSR count). The van der Waals surface area contributed by atoms with Crippen LogP contribution in [0.2, 0.25) is 0 Å². The fourth-order valence-electron chi connectivity index (χ4n) is 8.86. The topological polar surface area (TPSA) is 91.7 Å². The van der Waals surface area contributed by atoms with Crippen LogP contribution in [-0.4, -0.2) is 27.9 Å². The predicted molar refractivity (Wildman–Crippen MR) is 133 cm³/mol. The zero-order valence-electron chi connectivity index (χ0n) is 22.3. The van der Waals surface area contributed by atoms with Gasteiger partial charge in [-0.1, -0.05) is 60.8 Å². The Hall–Kier alpha value is -1.39. The van der Waals surface area contributed by atoms with Crippen LogP contribution < -0.4 is 0 Å². The molecule has 0 radical (unpaired) electrons. The molecule has 5 heteroatoms. The average Bonchev–Trinajstić information content (AvgIpc) is 3.07. The highest BCUT2D eigenvalue weighted by Gasteiger charge is 2.62. The summed E-state index contributed by atoms with van der Waals surface area (Å²) >= 11 is 0. The van der Waals surface area contributed by atoms with Gasteiger partial charge in [0.15, 0.2) is 0 Å². The van der Waals surface area contributed by atoms with E-state index >= 15 is 0 Å². The zero-order chi connectivity index (χ0) is 25.4. The van der Waals surface area contributed by atoms with Gasteiger partial charge in [-0.25, -0.2) is 0 Å². The van der Waals surface area contributed by atoms with Gasteiger partial charge in [0.25, 0.3) is 0 Å². The van der Waals surface area contributed by atoms with Crippen LogP contribution in [0.3, 0.4) is 0 Å². The minimum atomic E-state index is -1.11. The third-order valence-electron chi connectivity index (χ3n) is 10.6. The quantitative estimate of drug-likeness (QED) is 0.366. The minimum Gasteiger partial charge on any atom is -0.481 e. The summed E-state index contributed by atoms with van der Waals surface area (Å²) in [6, 6.07) is 0. The van der Waals surface area contributed by atoms with E-state index in [0.29, 0.717) is 35.5 Å². The highest BCUT2D eigenvalue weighted by molar-refractivity contribution is 5.87. The van der Waals surface area contributed by atoms with E-state index in [4.69, 9.17) is 0 Å². The SMILES string of the molecule is CC(C)CCC[C@@H](C)[C@H]1CC[C@H]2[C@@H]3[C@@H](C)CC(=O)[C@](C)(C[C@@H](CC(=O)O)C(=O)O)[C@H]3CC[C@]12C. The molecule has 3 saturated carbocycles. The van der Waals surface area contributed by atoms with Crippen molar-refractivity contribution in [2.75, 3.05) is 0 Å². The first-order valence-electron chi connectivity index (χ1n) is 13.8. The molecule has 194 valence electrons. The minimum absolute atomic E-state index is 0.151. The van der Waals surface area contributed by atoms with Gasteiger partial charge in [-0.2, -0.15) is 0 Å². The van der Waals surface area contributed by atoms with Crippen LogP contribution in [0.1, 0.15) is 106 Å². The van der Waals surface area contributed by atoms with E-state index in [-0.39, 0.29) is 18.1 Å². The van der Waals surface area contributed by atoms with Gasteiger partial charge >= 0.3 is 11.9 Å². The van der Waals surface area contributed by atoms with E-state index in [9.17, 15) is 24.6 Å². The Morgan fingerprint density at radius 2 is 1.71 bits per heavy atom. The maximum absolute atomic E-state index is 13.4. The van der Waals surface area contributed by atoms with Crippen LogP contribution in [0.15, 0.2) is 0 Å². The van der Waals surface area contributed by atoms with Gasteiger partial charge in [-0.15, -0.1) is 0 Å². The lowest BCUT2D eigenvalue weighted by molar-refractivity contribution is -0.160. The number of carboxylic acids is 2. The maximum atomic E-state index is 13.4. The number of fused-ring (bicyclic) bond motifs is 3. The van der Waals surface area contributed by atoms with Crippen molar-refractivity contribution in [1.29, 1.82) is 0 Å². The molecule has 0 bridgehead atoms. The number of carbonyl (C=O) groups is 3. The largest absolute Gasteiger partial charge is 0.481 e. The first-order chi connectivity index (χ1) is 15.8. The lowest BCUT2D eigenvalue weighted by Gasteiger charge is -2.58. The van der Waals surface area contributed by atoms with E-state index < -0.39 is 29.7 Å². The Kier molecular flexibility index (Phi) is 8.24. The van der Waals surface area contributed by atoms with Gasteiger partial charge in [-0.05, 0) is 78.9 Å². The summed E-state index contributed by atoms with van der Waals surface area (Å²) in [6.07, 6.45) is 8.65. The second kappa shape index (κ2) is 10.3. The van der Waals surface area contributed by atoms with Crippen LogP contribution in [-0.2, 0) is 14.4 Å². The Labute approximate surface area is 206 Å². The third kappa shape index (κ3) is 5.09. The van der Waals surface area contributed by atoms with Gasteiger partial charge < -0.3 is 10.2 Å². The van der Waals surface area contributed by atoms with Crippen molar-refractivity contribution in [1.82, 2.24) is 0 Å². The molecule has 0 aromatic heterocycles. The van der Waals surface area contributed by atoms with Gasteiger partial charge in [0.1, 0.15) is 5.78 Å². The lowest BCUT2D eigenvalue weighted by Crippen LogP contribution is -2.56. The smallest absolute Gasteiger partial charge is 0.307 e. The molecule has 2 N–H and O–H groups in total. The van der Waals surface area contributed by atoms with Crippen LogP contribution >= 0.6 is 0 Å². The van der Waals surface area contributed by atoms with Crippen molar-refractivity contribution in [2.24, 2.45) is 58.2 Å². The van der Waals surface area contributed by atoms with Gasteiger partial charge in [-0.3, -0.25) is 14.4 Å². The van der Waals surface area contributed by atoms with Crippen molar-refractivity contribution in [3.05, 3.63) is 0 Å². The molecule has 5 nitrogen and oxygen atoms in total. The summed E-state index contributed by atoms with van der Waals surface area (Å²) in [7, 11) is 0. The fraction of sp³-hybridized carbons (Fsp3) is 0.897. The molecule has 0 heterocycles. The summed E-state index contributed by atoms with van der Waals surface area (Å²) < 4.78 is 0. The van der Waals surface area contributed by atoms with Gasteiger partial charge in [0.2, 0.25) is 0 Å². The van der Waals surface area contributed by atoms with Crippen LogP contribution in [0.5, 0.6) is 0 Å². The molecule has 0 unspecified atom stereocenters. The molecule has 9 atom stereocenters. The lowest BCUT2D eigenvalue weighted by atomic mass is 9.45. The Bertz CT molecular complexity index is 774. The number of hydrogen-bond donors (Lipinski definition) is 2. The summed E-state index contributed by atoms with van der Waals surface area (Å²) in [5.74, 6) is 0.606. The van der Waals surface area contributed by atoms with Crippen molar-refractivity contribution in [3.63, 3.8) is 0 Å². The average molecular weight is 477 g/mol. The third-order valence-corrected chi connectivity index (χ3v) is 10.6. The van der Waals surface area contributed by atoms with Crippen molar-refractivity contribution in [3.8, 4) is 0 Å². The maximum Gasteiger partial charge on any atom is 0.307 e. The number of aliphatic carboxylic acids is 2. The van der Waals surface area contributed by atoms with Gasteiger partial charge in [0.05, 0.1) is 12.3 Å². The summed E-state index contributed by atoms with van der Waals surface area (Å²) in [6.45, 7) is 13.7. The Balaban J connectivity index is 1.83. The molecule has 34 heavy (non-hydrogen) atoms. The molecule has 0 aromatic rings. The molecule has 0 saturated heterocycles. The number of rotatable bonds is 10. The second-order valence-corrected chi connectivity index (χ2v) is 13.2. The molecule has 0 amide bonds. The van der Waals surface area contributed by atoms with E-state index in [1.165, 1.54) is 32.1 Å². The first kappa shape index (κ1) is 27.2. The molecule has 0 aromatic carbocycles. The normalized spacial score (nSPS) is 39.4. The first-order valence-corrected chi connectivity index (χ1v) is 13.8. The standard InChI is InChI=1S/C29H48O5/c1-17(2)8-7-9-18(3)21-10-11-22-26-19(4)14-24(30)29(6,23(26)12-13-28(21,22)5)16-20(27(33)34)15-25(31)32/h17-23,26H,7-16H2,1-6H3,(H,31,32)(H,33,34)/t18-,19+,20-,21-,22+,23+,26+,28-,29-/m1/s1. The number of ketones is 1. The van der Waals surface area contributed by atoms with E-state index in [1.807, 2.05) is 6.92 Å². The number of Topliss-reactive ketones (excluding diaryl/α,β-unsaturated/α-hetero) is 1. The van der Waals surface area contributed by atoms with Crippen LogP contribution in [0.25, 0.3) is 0 Å². The van der Waals surface area contributed by atoms with Crippen LogP contribution in [0.4, 0.5) is 0 Å². The van der Waals surface area contributed by atoms with Crippen molar-refractivity contribution < 1.29 is 24.6 Å². The molecule has 0 aliphatic heterocycles. The molecular weight excluding hydrogens is 428 g/mol. The number of carbonyl (C=O) groups excluding carboxylic acids is 1.